The van der Waals surface area contributed by atoms with Gasteiger partial charge in [0.1, 0.15) is 5.82 Å². The topological polar surface area (TPSA) is 112 Å². The molecule has 0 aliphatic heterocycles. The number of hydrogen-bond donors (Lipinski definition) is 3. The number of aryl methyl sites for hydroxylation is 1. The lowest BCUT2D eigenvalue weighted by atomic mass is 10.2. The second kappa shape index (κ2) is 6.89. The molecule has 3 aromatic rings. The highest BCUT2D eigenvalue weighted by Gasteiger charge is 2.16. The van der Waals surface area contributed by atoms with Gasteiger partial charge in [-0.15, -0.1) is 0 Å². The number of nitrogen functional groups attached to an aromatic ring is 2. The Morgan fingerprint density at radius 2 is 2.04 bits per heavy atom. The summed E-state index contributed by atoms with van der Waals surface area (Å²) in [7, 11) is 0. The van der Waals surface area contributed by atoms with Crippen LogP contribution in [0.15, 0.2) is 28.7 Å². The summed E-state index contributed by atoms with van der Waals surface area (Å²) in [6, 6.07) is 7.30. The molecule has 2 aromatic heterocycles. The molecule has 0 saturated heterocycles. The Labute approximate surface area is 157 Å². The number of imidazole rings is 1. The molecule has 0 fully saturated rings. The first-order chi connectivity index (χ1) is 11.9. The molecule has 0 unspecified atom stereocenters. The zero-order chi connectivity index (χ0) is 18.1. The minimum atomic E-state index is -0.435. The maximum atomic E-state index is 12.4. The van der Waals surface area contributed by atoms with Crippen LogP contribution in [-0.2, 0) is 13.1 Å². The molecule has 0 saturated carbocycles. The van der Waals surface area contributed by atoms with Gasteiger partial charge in [0.2, 0.25) is 0 Å². The smallest absolute Gasteiger partial charge is 0.272 e. The van der Waals surface area contributed by atoms with Crippen LogP contribution in [0.5, 0.6) is 0 Å². The molecular formula is C16H16BrClN6O. The van der Waals surface area contributed by atoms with E-state index in [1.165, 1.54) is 6.07 Å². The Hall–Kier alpha value is -2.32. The van der Waals surface area contributed by atoms with Crippen LogP contribution in [0.1, 0.15) is 23.2 Å². The Morgan fingerprint density at radius 1 is 1.28 bits per heavy atom. The van der Waals surface area contributed by atoms with Crippen LogP contribution in [-0.4, -0.2) is 20.4 Å². The van der Waals surface area contributed by atoms with Crippen LogP contribution in [0, 0.1) is 0 Å². The minimum Gasteiger partial charge on any atom is -0.397 e. The SMILES string of the molecule is CCn1c(CNC(=O)c2nc(Cl)c(N)cc2N)nc2cc(Br)ccc21. The van der Waals surface area contributed by atoms with Crippen LogP contribution < -0.4 is 16.8 Å². The molecule has 1 aromatic carbocycles. The van der Waals surface area contributed by atoms with E-state index in [0.717, 1.165) is 27.9 Å². The van der Waals surface area contributed by atoms with Crippen molar-refractivity contribution in [2.75, 3.05) is 11.5 Å². The van der Waals surface area contributed by atoms with E-state index in [4.69, 9.17) is 23.1 Å². The highest BCUT2D eigenvalue weighted by molar-refractivity contribution is 9.10. The predicted octanol–water partition coefficient (Wildman–Crippen LogP) is 2.96. The van der Waals surface area contributed by atoms with E-state index in [1.54, 1.807) is 0 Å². The third-order valence-corrected chi connectivity index (χ3v) is 4.56. The fourth-order valence-corrected chi connectivity index (χ4v) is 3.08. The number of fused-ring (bicyclic) bond motifs is 1. The first-order valence-electron chi connectivity index (χ1n) is 7.55. The quantitative estimate of drug-likeness (QED) is 0.559. The lowest BCUT2D eigenvalue weighted by Gasteiger charge is -2.09. The summed E-state index contributed by atoms with van der Waals surface area (Å²) in [5.74, 6) is 0.305. The number of carbonyl (C=O) groups excluding carboxylic acids is 1. The maximum Gasteiger partial charge on any atom is 0.272 e. The molecule has 25 heavy (non-hydrogen) atoms. The molecule has 7 nitrogen and oxygen atoms in total. The molecule has 0 aliphatic carbocycles. The molecule has 0 bridgehead atoms. The monoisotopic (exact) mass is 422 g/mol. The summed E-state index contributed by atoms with van der Waals surface area (Å²) in [5.41, 5.74) is 13.7. The number of nitrogens with one attached hydrogen (secondary N) is 1. The van der Waals surface area contributed by atoms with Gasteiger partial charge in [0, 0.05) is 11.0 Å². The predicted molar refractivity (Wildman–Crippen MR) is 102 cm³/mol. The largest absolute Gasteiger partial charge is 0.397 e. The lowest BCUT2D eigenvalue weighted by molar-refractivity contribution is 0.0945. The number of anilines is 2. The first-order valence-corrected chi connectivity index (χ1v) is 8.72. The third kappa shape index (κ3) is 3.40. The number of halogens is 2. The van der Waals surface area contributed by atoms with Crippen LogP contribution >= 0.6 is 27.5 Å². The average molecular weight is 424 g/mol. The van der Waals surface area contributed by atoms with Crippen molar-refractivity contribution in [2.45, 2.75) is 20.0 Å². The van der Waals surface area contributed by atoms with Crippen molar-refractivity contribution >= 4 is 55.8 Å². The molecule has 130 valence electrons. The van der Waals surface area contributed by atoms with Gasteiger partial charge in [-0.1, -0.05) is 27.5 Å². The van der Waals surface area contributed by atoms with Crippen molar-refractivity contribution in [1.29, 1.82) is 0 Å². The van der Waals surface area contributed by atoms with E-state index < -0.39 is 5.91 Å². The van der Waals surface area contributed by atoms with Crippen molar-refractivity contribution in [1.82, 2.24) is 19.9 Å². The number of benzene rings is 1. The van der Waals surface area contributed by atoms with Gasteiger partial charge in [0.05, 0.1) is 29.0 Å². The van der Waals surface area contributed by atoms with E-state index in [9.17, 15) is 4.79 Å². The number of hydrogen-bond acceptors (Lipinski definition) is 5. The fourth-order valence-electron chi connectivity index (χ4n) is 2.59. The van der Waals surface area contributed by atoms with Gasteiger partial charge in [0.25, 0.3) is 5.91 Å². The molecule has 0 radical (unpaired) electrons. The molecule has 3 rings (SSSR count). The molecule has 0 aliphatic rings. The van der Waals surface area contributed by atoms with Gasteiger partial charge in [0.15, 0.2) is 10.8 Å². The first kappa shape index (κ1) is 17.5. The summed E-state index contributed by atoms with van der Waals surface area (Å²) in [4.78, 5) is 20.9. The van der Waals surface area contributed by atoms with E-state index >= 15 is 0 Å². The Balaban J connectivity index is 1.85. The Bertz CT molecular complexity index is 971. The molecule has 0 atom stereocenters. The van der Waals surface area contributed by atoms with Gasteiger partial charge >= 0.3 is 0 Å². The molecule has 2 heterocycles. The lowest BCUT2D eigenvalue weighted by Crippen LogP contribution is -2.26. The molecule has 0 spiro atoms. The van der Waals surface area contributed by atoms with Gasteiger partial charge in [-0.3, -0.25) is 4.79 Å². The van der Waals surface area contributed by atoms with Crippen molar-refractivity contribution in [2.24, 2.45) is 0 Å². The number of rotatable bonds is 4. The fraction of sp³-hybridized carbons (Fsp3) is 0.188. The van der Waals surface area contributed by atoms with Crippen molar-refractivity contribution in [3.05, 3.63) is 45.4 Å². The zero-order valence-electron chi connectivity index (χ0n) is 13.4. The van der Waals surface area contributed by atoms with E-state index in [1.807, 2.05) is 29.7 Å². The Kier molecular flexibility index (Phi) is 4.82. The van der Waals surface area contributed by atoms with Crippen LogP contribution in [0.3, 0.4) is 0 Å². The second-order valence-electron chi connectivity index (χ2n) is 5.39. The van der Waals surface area contributed by atoms with Gasteiger partial charge in [-0.25, -0.2) is 9.97 Å². The maximum absolute atomic E-state index is 12.4. The molecule has 5 N–H and O–H groups in total. The van der Waals surface area contributed by atoms with Gasteiger partial charge < -0.3 is 21.4 Å². The number of amides is 1. The summed E-state index contributed by atoms with van der Waals surface area (Å²) in [5, 5.41) is 2.82. The van der Waals surface area contributed by atoms with Crippen LogP contribution in [0.4, 0.5) is 11.4 Å². The van der Waals surface area contributed by atoms with Crippen LogP contribution in [0.2, 0.25) is 5.15 Å². The standard InChI is InChI=1S/C16H16BrClN6O/c1-2-24-12-4-3-8(17)5-11(12)22-13(24)7-21-16(25)14-9(19)6-10(20)15(18)23-14/h3-6H,2,7,19-20H2,1H3,(H,21,25). The normalized spacial score (nSPS) is 11.0. The molecular weight excluding hydrogens is 408 g/mol. The number of aromatic nitrogens is 3. The van der Waals surface area contributed by atoms with Crippen molar-refractivity contribution in [3.8, 4) is 0 Å². The highest BCUT2D eigenvalue weighted by atomic mass is 79.9. The summed E-state index contributed by atoms with van der Waals surface area (Å²) in [6.07, 6.45) is 0. The highest BCUT2D eigenvalue weighted by Crippen LogP contribution is 2.22. The number of nitrogens with two attached hydrogens (primary N) is 2. The van der Waals surface area contributed by atoms with Crippen molar-refractivity contribution < 1.29 is 4.79 Å². The Morgan fingerprint density at radius 3 is 2.76 bits per heavy atom. The van der Waals surface area contributed by atoms with Crippen molar-refractivity contribution in [3.63, 3.8) is 0 Å². The molecule has 9 heteroatoms. The molecule has 1 amide bonds. The zero-order valence-corrected chi connectivity index (χ0v) is 15.7. The number of nitrogens with zero attached hydrogens (tertiary/aromatic N) is 3. The van der Waals surface area contributed by atoms with Crippen LogP contribution in [0.25, 0.3) is 11.0 Å². The minimum absolute atomic E-state index is 0.0427. The summed E-state index contributed by atoms with van der Waals surface area (Å²) >= 11 is 9.31. The van der Waals surface area contributed by atoms with E-state index in [2.05, 4.69) is 31.2 Å². The van der Waals surface area contributed by atoms with Gasteiger partial charge in [-0.2, -0.15) is 0 Å². The summed E-state index contributed by atoms with van der Waals surface area (Å²) in [6.45, 7) is 2.99. The van der Waals surface area contributed by atoms with E-state index in [0.29, 0.717) is 0 Å². The summed E-state index contributed by atoms with van der Waals surface area (Å²) < 4.78 is 2.99. The average Bonchev–Trinajstić information content (AvgIpc) is 2.92. The third-order valence-electron chi connectivity index (χ3n) is 3.76. The second-order valence-corrected chi connectivity index (χ2v) is 6.67. The number of pyridine rings is 1. The number of carbonyl (C=O) groups is 1. The van der Waals surface area contributed by atoms with Gasteiger partial charge in [-0.05, 0) is 31.2 Å². The van der Waals surface area contributed by atoms with E-state index in [-0.39, 0.29) is 28.8 Å².